The van der Waals surface area contributed by atoms with E-state index in [4.69, 9.17) is 23.2 Å². The summed E-state index contributed by atoms with van der Waals surface area (Å²) in [5, 5.41) is 1.30. The summed E-state index contributed by atoms with van der Waals surface area (Å²) in [4.78, 5) is 32.3. The lowest BCUT2D eigenvalue weighted by Crippen LogP contribution is -2.42. The number of nitrogens with one attached hydrogen (secondary N) is 2. The molecule has 0 fully saturated rings. The molecule has 2 aromatic rings. The van der Waals surface area contributed by atoms with Crippen molar-refractivity contribution in [1.82, 2.24) is 20.8 Å². The van der Waals surface area contributed by atoms with E-state index in [-0.39, 0.29) is 16.0 Å². The fraction of sp³-hybridized carbons (Fsp3) is 0.200. The van der Waals surface area contributed by atoms with E-state index < -0.39 is 11.8 Å². The van der Waals surface area contributed by atoms with E-state index >= 15 is 0 Å². The van der Waals surface area contributed by atoms with Gasteiger partial charge in [0.05, 0.1) is 11.2 Å². The molecule has 9 heteroatoms. The zero-order chi connectivity index (χ0) is 17.7. The molecule has 1 aromatic carbocycles. The van der Waals surface area contributed by atoms with E-state index in [1.807, 2.05) is 13.8 Å². The lowest BCUT2D eigenvalue weighted by Gasteiger charge is -2.09. The number of amides is 2. The van der Waals surface area contributed by atoms with E-state index in [2.05, 4.69) is 20.8 Å². The van der Waals surface area contributed by atoms with Crippen LogP contribution in [0.25, 0.3) is 0 Å². The first-order chi connectivity index (χ1) is 11.4. The van der Waals surface area contributed by atoms with Gasteiger partial charge in [-0.25, -0.2) is 9.97 Å². The Hall–Kier alpha value is -1.83. The summed E-state index contributed by atoms with van der Waals surface area (Å²) in [7, 11) is 0. The summed E-state index contributed by atoms with van der Waals surface area (Å²) in [5.41, 5.74) is 4.92. The van der Waals surface area contributed by atoms with Gasteiger partial charge in [-0.05, 0) is 24.3 Å². The van der Waals surface area contributed by atoms with Gasteiger partial charge in [-0.15, -0.1) is 0 Å². The van der Waals surface area contributed by atoms with Crippen molar-refractivity contribution in [3.8, 4) is 0 Å². The van der Waals surface area contributed by atoms with Gasteiger partial charge in [-0.3, -0.25) is 20.4 Å². The van der Waals surface area contributed by atoms with E-state index in [9.17, 15) is 9.59 Å². The molecule has 0 bridgehead atoms. The average molecular weight is 385 g/mol. The molecule has 1 heterocycles. The number of hydrogen-bond donors (Lipinski definition) is 2. The van der Waals surface area contributed by atoms with E-state index in [0.29, 0.717) is 15.7 Å². The molecule has 0 aliphatic rings. The van der Waals surface area contributed by atoms with Crippen molar-refractivity contribution < 1.29 is 9.59 Å². The predicted molar refractivity (Wildman–Crippen MR) is 94.4 cm³/mol. The van der Waals surface area contributed by atoms with Crippen LogP contribution in [-0.4, -0.2) is 27.0 Å². The molecule has 0 atom stereocenters. The number of nitrogens with zero attached hydrogens (tertiary/aromatic N) is 2. The molecule has 6 nitrogen and oxygen atoms in total. The molecule has 0 unspecified atom stereocenters. The maximum absolute atomic E-state index is 12.2. The van der Waals surface area contributed by atoms with Gasteiger partial charge in [0, 0.05) is 15.8 Å². The number of carbonyl (C=O) groups excluding carboxylic acids is 2. The Kier molecular flexibility index (Phi) is 6.42. The molecule has 0 saturated heterocycles. The topological polar surface area (TPSA) is 84.0 Å². The second-order valence-corrected chi connectivity index (χ2v) is 7.32. The maximum atomic E-state index is 12.2. The van der Waals surface area contributed by atoms with Gasteiger partial charge >= 0.3 is 0 Å². The number of rotatable bonds is 4. The van der Waals surface area contributed by atoms with E-state index in [1.165, 1.54) is 18.0 Å². The largest absolute Gasteiger partial charge is 0.289 e. The first kappa shape index (κ1) is 18.5. The SMILES string of the molecule is CC(C)Sc1ncc(Cl)c(C(=O)NNC(=O)c2ccc(Cl)cc2)n1. The fourth-order valence-corrected chi connectivity index (χ4v) is 2.61. The van der Waals surface area contributed by atoms with E-state index in [1.54, 1.807) is 24.3 Å². The maximum Gasteiger partial charge on any atom is 0.289 e. The Morgan fingerprint density at radius 3 is 2.33 bits per heavy atom. The van der Waals surface area contributed by atoms with Crippen molar-refractivity contribution in [2.75, 3.05) is 0 Å². The lowest BCUT2D eigenvalue weighted by molar-refractivity contribution is 0.0843. The van der Waals surface area contributed by atoms with Crippen molar-refractivity contribution in [1.29, 1.82) is 0 Å². The summed E-state index contributed by atoms with van der Waals surface area (Å²) >= 11 is 13.1. The molecule has 2 rings (SSSR count). The Balaban J connectivity index is 2.04. The van der Waals surface area contributed by atoms with Gasteiger partial charge in [-0.1, -0.05) is 48.8 Å². The number of hydrogen-bond acceptors (Lipinski definition) is 5. The molecule has 0 aliphatic carbocycles. The van der Waals surface area contributed by atoms with Gasteiger partial charge in [-0.2, -0.15) is 0 Å². The zero-order valence-electron chi connectivity index (χ0n) is 12.8. The Morgan fingerprint density at radius 2 is 1.71 bits per heavy atom. The number of hydrazine groups is 1. The summed E-state index contributed by atoms with van der Waals surface area (Å²) in [6, 6.07) is 6.24. The highest BCUT2D eigenvalue weighted by molar-refractivity contribution is 7.99. The highest BCUT2D eigenvalue weighted by Gasteiger charge is 2.16. The quantitative estimate of drug-likeness (QED) is 0.479. The highest BCUT2D eigenvalue weighted by atomic mass is 35.5. The van der Waals surface area contributed by atoms with Crippen LogP contribution in [0, 0.1) is 0 Å². The fourth-order valence-electron chi connectivity index (χ4n) is 1.62. The van der Waals surface area contributed by atoms with Crippen LogP contribution in [0.1, 0.15) is 34.7 Å². The second kappa shape index (κ2) is 8.32. The first-order valence-electron chi connectivity index (χ1n) is 6.92. The second-order valence-electron chi connectivity index (χ2n) is 4.93. The third-order valence-corrected chi connectivity index (χ3v) is 4.08. The van der Waals surface area contributed by atoms with Crippen LogP contribution < -0.4 is 10.9 Å². The van der Waals surface area contributed by atoms with Gasteiger partial charge in [0.2, 0.25) is 0 Å². The molecule has 0 radical (unpaired) electrons. The molecule has 126 valence electrons. The van der Waals surface area contributed by atoms with E-state index in [0.717, 1.165) is 0 Å². The smallest absolute Gasteiger partial charge is 0.267 e. The van der Waals surface area contributed by atoms with Crippen molar-refractivity contribution in [3.63, 3.8) is 0 Å². The summed E-state index contributed by atoms with van der Waals surface area (Å²) in [6.07, 6.45) is 1.36. The minimum atomic E-state index is -0.629. The number of halogens is 2. The number of thioether (sulfide) groups is 1. The highest BCUT2D eigenvalue weighted by Crippen LogP contribution is 2.21. The third-order valence-electron chi connectivity index (χ3n) is 2.67. The predicted octanol–water partition coefficient (Wildman–Crippen LogP) is 3.36. The van der Waals surface area contributed by atoms with Gasteiger partial charge in [0.1, 0.15) is 0 Å². The van der Waals surface area contributed by atoms with Crippen LogP contribution >= 0.6 is 35.0 Å². The molecule has 0 saturated carbocycles. The van der Waals surface area contributed by atoms with Crippen LogP contribution in [0.3, 0.4) is 0 Å². The van der Waals surface area contributed by atoms with Crippen molar-refractivity contribution in [2.24, 2.45) is 0 Å². The molecular weight excluding hydrogens is 371 g/mol. The minimum Gasteiger partial charge on any atom is -0.267 e. The Labute approximate surface area is 153 Å². The molecule has 1 aromatic heterocycles. The van der Waals surface area contributed by atoms with Crippen LogP contribution in [0.2, 0.25) is 10.0 Å². The van der Waals surface area contributed by atoms with Crippen LogP contribution in [0.5, 0.6) is 0 Å². The van der Waals surface area contributed by atoms with Gasteiger partial charge in [0.15, 0.2) is 10.9 Å². The van der Waals surface area contributed by atoms with Gasteiger partial charge < -0.3 is 0 Å². The molecule has 2 N–H and O–H groups in total. The molecule has 0 aliphatic heterocycles. The number of benzene rings is 1. The van der Waals surface area contributed by atoms with Crippen molar-refractivity contribution >= 4 is 46.8 Å². The normalized spacial score (nSPS) is 10.5. The zero-order valence-corrected chi connectivity index (χ0v) is 15.2. The third kappa shape index (κ3) is 5.09. The standard InChI is InChI=1S/C15H14Cl2N4O2S/c1-8(2)24-15-18-7-11(17)12(19-15)14(23)21-20-13(22)9-3-5-10(16)6-4-9/h3-8H,1-2H3,(H,20,22)(H,21,23). The van der Waals surface area contributed by atoms with Crippen LogP contribution in [0.4, 0.5) is 0 Å². The monoisotopic (exact) mass is 384 g/mol. The number of aromatic nitrogens is 2. The van der Waals surface area contributed by atoms with Crippen LogP contribution in [-0.2, 0) is 0 Å². The summed E-state index contributed by atoms with van der Waals surface area (Å²) in [5.74, 6) is -1.11. The lowest BCUT2D eigenvalue weighted by atomic mass is 10.2. The Morgan fingerprint density at radius 1 is 1.08 bits per heavy atom. The number of carbonyl (C=O) groups is 2. The van der Waals surface area contributed by atoms with Gasteiger partial charge in [0.25, 0.3) is 11.8 Å². The van der Waals surface area contributed by atoms with Crippen molar-refractivity contribution in [3.05, 3.63) is 51.8 Å². The minimum absolute atomic E-state index is 0.00813. The van der Waals surface area contributed by atoms with Crippen LogP contribution in [0.15, 0.2) is 35.6 Å². The summed E-state index contributed by atoms with van der Waals surface area (Å²) in [6.45, 7) is 3.96. The molecule has 24 heavy (non-hydrogen) atoms. The molecule has 2 amide bonds. The Bertz CT molecular complexity index is 754. The molecule has 0 spiro atoms. The molecular formula is C15H14Cl2N4O2S. The van der Waals surface area contributed by atoms with Crippen molar-refractivity contribution in [2.45, 2.75) is 24.3 Å². The summed E-state index contributed by atoms with van der Waals surface area (Å²) < 4.78 is 0. The average Bonchev–Trinajstić information content (AvgIpc) is 2.54. The first-order valence-corrected chi connectivity index (χ1v) is 8.56.